The SMILES string of the molecule is Cc1cccc(Oc2nc(NN)cn3ccnc23)c1C. The first-order valence-corrected chi connectivity index (χ1v) is 6.23. The molecule has 2 aromatic heterocycles. The predicted molar refractivity (Wildman–Crippen MR) is 76.8 cm³/mol. The summed E-state index contributed by atoms with van der Waals surface area (Å²) >= 11 is 0. The molecule has 0 saturated heterocycles. The molecule has 0 bridgehead atoms. The molecule has 3 N–H and O–H groups in total. The molecule has 6 heteroatoms. The van der Waals surface area contributed by atoms with Gasteiger partial charge in [-0.1, -0.05) is 12.1 Å². The van der Waals surface area contributed by atoms with Crippen LogP contribution in [0, 0.1) is 13.8 Å². The molecular formula is C14H15N5O. The molecule has 2 heterocycles. The van der Waals surface area contributed by atoms with Gasteiger partial charge < -0.3 is 10.2 Å². The van der Waals surface area contributed by atoms with Crippen LogP contribution in [0.3, 0.4) is 0 Å². The van der Waals surface area contributed by atoms with Crippen LogP contribution in [-0.4, -0.2) is 14.4 Å². The normalized spacial score (nSPS) is 10.8. The van der Waals surface area contributed by atoms with Crippen molar-refractivity contribution in [3.05, 3.63) is 47.9 Å². The first-order valence-electron chi connectivity index (χ1n) is 6.23. The summed E-state index contributed by atoms with van der Waals surface area (Å²) in [5.74, 6) is 7.11. The summed E-state index contributed by atoms with van der Waals surface area (Å²) in [5.41, 5.74) is 5.40. The average Bonchev–Trinajstić information content (AvgIpc) is 2.92. The zero-order valence-electron chi connectivity index (χ0n) is 11.3. The summed E-state index contributed by atoms with van der Waals surface area (Å²) in [6.45, 7) is 4.05. The Labute approximate surface area is 116 Å². The molecule has 0 atom stereocenters. The number of aromatic nitrogens is 3. The standard InChI is InChI=1S/C14H15N5O/c1-9-4-3-5-11(10(9)2)20-14-13-16-6-7-19(13)8-12(17-14)18-15/h3-8,18H,15H2,1-2H3. The molecule has 0 fully saturated rings. The lowest BCUT2D eigenvalue weighted by Gasteiger charge is -2.11. The van der Waals surface area contributed by atoms with E-state index in [0.717, 1.165) is 16.9 Å². The maximum absolute atomic E-state index is 5.91. The number of anilines is 1. The van der Waals surface area contributed by atoms with Gasteiger partial charge in [0.2, 0.25) is 5.65 Å². The molecule has 3 aromatic rings. The third-order valence-electron chi connectivity index (χ3n) is 3.25. The number of hydrogen-bond acceptors (Lipinski definition) is 5. The Morgan fingerprint density at radius 3 is 2.95 bits per heavy atom. The van der Waals surface area contributed by atoms with Gasteiger partial charge in [-0.15, -0.1) is 0 Å². The summed E-state index contributed by atoms with van der Waals surface area (Å²) in [6, 6.07) is 5.90. The lowest BCUT2D eigenvalue weighted by Crippen LogP contribution is -2.10. The fourth-order valence-corrected chi connectivity index (χ4v) is 1.98. The van der Waals surface area contributed by atoms with Gasteiger partial charge in [-0.25, -0.2) is 10.8 Å². The van der Waals surface area contributed by atoms with Crippen LogP contribution in [0.1, 0.15) is 11.1 Å². The number of aryl methyl sites for hydroxylation is 1. The number of nitrogens with one attached hydrogen (secondary N) is 1. The van der Waals surface area contributed by atoms with E-state index in [1.54, 1.807) is 12.4 Å². The monoisotopic (exact) mass is 269 g/mol. The third kappa shape index (κ3) is 2.06. The predicted octanol–water partition coefficient (Wildman–Crippen LogP) is 2.42. The van der Waals surface area contributed by atoms with Crippen molar-refractivity contribution in [1.29, 1.82) is 0 Å². The van der Waals surface area contributed by atoms with Crippen LogP contribution >= 0.6 is 0 Å². The molecular weight excluding hydrogens is 254 g/mol. The van der Waals surface area contributed by atoms with Gasteiger partial charge in [0.25, 0.3) is 5.88 Å². The van der Waals surface area contributed by atoms with Crippen molar-refractivity contribution in [3.63, 3.8) is 0 Å². The lowest BCUT2D eigenvalue weighted by molar-refractivity contribution is 0.461. The molecule has 1 aromatic carbocycles. The highest BCUT2D eigenvalue weighted by Gasteiger charge is 2.11. The molecule has 0 radical (unpaired) electrons. The Morgan fingerprint density at radius 2 is 2.15 bits per heavy atom. The fourth-order valence-electron chi connectivity index (χ4n) is 1.98. The van der Waals surface area contributed by atoms with E-state index >= 15 is 0 Å². The number of nitrogens with two attached hydrogens (primary N) is 1. The molecule has 3 rings (SSSR count). The van der Waals surface area contributed by atoms with Crippen molar-refractivity contribution in [2.75, 3.05) is 5.43 Å². The number of benzene rings is 1. The van der Waals surface area contributed by atoms with Crippen LogP contribution < -0.4 is 16.0 Å². The second-order valence-electron chi connectivity index (χ2n) is 4.53. The molecule has 6 nitrogen and oxygen atoms in total. The highest BCUT2D eigenvalue weighted by atomic mass is 16.5. The Morgan fingerprint density at radius 1 is 1.30 bits per heavy atom. The quantitative estimate of drug-likeness (QED) is 0.564. The third-order valence-corrected chi connectivity index (χ3v) is 3.25. The first kappa shape index (κ1) is 12.4. The molecule has 102 valence electrons. The van der Waals surface area contributed by atoms with Gasteiger partial charge in [-0.05, 0) is 31.0 Å². The molecule has 20 heavy (non-hydrogen) atoms. The first-order chi connectivity index (χ1) is 9.69. The minimum Gasteiger partial charge on any atom is -0.436 e. The number of hydrazine groups is 1. The molecule has 0 amide bonds. The molecule has 0 aliphatic rings. The summed E-state index contributed by atoms with van der Waals surface area (Å²) in [4.78, 5) is 8.57. The summed E-state index contributed by atoms with van der Waals surface area (Å²) in [5, 5.41) is 0. The number of rotatable bonds is 3. The molecule has 0 saturated carbocycles. The van der Waals surface area contributed by atoms with E-state index in [0.29, 0.717) is 17.3 Å². The smallest absolute Gasteiger partial charge is 0.265 e. The highest BCUT2D eigenvalue weighted by Crippen LogP contribution is 2.28. The summed E-state index contributed by atoms with van der Waals surface area (Å²) in [7, 11) is 0. The van der Waals surface area contributed by atoms with Crippen molar-refractivity contribution in [2.45, 2.75) is 13.8 Å². The molecule has 0 aliphatic heterocycles. The Bertz CT molecular complexity index is 765. The van der Waals surface area contributed by atoms with E-state index in [2.05, 4.69) is 15.4 Å². The lowest BCUT2D eigenvalue weighted by atomic mass is 10.1. The van der Waals surface area contributed by atoms with Gasteiger partial charge in [-0.3, -0.25) is 4.40 Å². The van der Waals surface area contributed by atoms with E-state index in [9.17, 15) is 0 Å². The number of imidazole rings is 1. The van der Waals surface area contributed by atoms with Crippen LogP contribution in [0.4, 0.5) is 5.82 Å². The second-order valence-corrected chi connectivity index (χ2v) is 4.53. The maximum atomic E-state index is 5.91. The number of nitrogens with zero attached hydrogens (tertiary/aromatic N) is 3. The Balaban J connectivity index is 2.10. The van der Waals surface area contributed by atoms with Gasteiger partial charge in [0.1, 0.15) is 5.75 Å². The zero-order valence-corrected chi connectivity index (χ0v) is 11.3. The minimum atomic E-state index is 0.416. The summed E-state index contributed by atoms with van der Waals surface area (Å²) in [6.07, 6.45) is 5.25. The largest absolute Gasteiger partial charge is 0.436 e. The van der Waals surface area contributed by atoms with Gasteiger partial charge in [-0.2, -0.15) is 4.98 Å². The second kappa shape index (κ2) is 4.82. The highest BCUT2D eigenvalue weighted by molar-refractivity contribution is 5.55. The van der Waals surface area contributed by atoms with E-state index < -0.39 is 0 Å². The molecule has 0 spiro atoms. The van der Waals surface area contributed by atoms with Gasteiger partial charge in [0.05, 0.1) is 6.20 Å². The number of fused-ring (bicyclic) bond motifs is 1. The van der Waals surface area contributed by atoms with Crippen molar-refractivity contribution in [2.24, 2.45) is 5.84 Å². The van der Waals surface area contributed by atoms with Crippen molar-refractivity contribution in [1.82, 2.24) is 14.4 Å². The molecule has 0 aliphatic carbocycles. The van der Waals surface area contributed by atoms with Gasteiger partial charge in [0, 0.05) is 12.4 Å². The fraction of sp³-hybridized carbons (Fsp3) is 0.143. The van der Waals surface area contributed by atoms with Crippen molar-refractivity contribution >= 4 is 11.5 Å². The van der Waals surface area contributed by atoms with Gasteiger partial charge in [0.15, 0.2) is 5.82 Å². The van der Waals surface area contributed by atoms with Crippen LogP contribution in [-0.2, 0) is 0 Å². The van der Waals surface area contributed by atoms with E-state index in [4.69, 9.17) is 10.6 Å². The zero-order chi connectivity index (χ0) is 14.1. The van der Waals surface area contributed by atoms with Crippen LogP contribution in [0.25, 0.3) is 5.65 Å². The number of nitrogen functional groups attached to an aromatic ring is 1. The van der Waals surface area contributed by atoms with Crippen molar-refractivity contribution < 1.29 is 4.74 Å². The van der Waals surface area contributed by atoms with Crippen molar-refractivity contribution in [3.8, 4) is 11.6 Å². The number of ether oxygens (including phenoxy) is 1. The van der Waals surface area contributed by atoms with E-state index in [1.165, 1.54) is 0 Å². The number of hydrogen-bond donors (Lipinski definition) is 2. The van der Waals surface area contributed by atoms with Crippen LogP contribution in [0.15, 0.2) is 36.8 Å². The molecule has 0 unspecified atom stereocenters. The topological polar surface area (TPSA) is 77.5 Å². The van der Waals surface area contributed by atoms with E-state index in [-0.39, 0.29) is 0 Å². The van der Waals surface area contributed by atoms with E-state index in [1.807, 2.05) is 42.6 Å². The maximum Gasteiger partial charge on any atom is 0.265 e. The minimum absolute atomic E-state index is 0.416. The average molecular weight is 269 g/mol. The Hall–Kier alpha value is -2.60. The Kier molecular flexibility index (Phi) is 3.00. The van der Waals surface area contributed by atoms with Crippen LogP contribution in [0.5, 0.6) is 11.6 Å². The summed E-state index contributed by atoms with van der Waals surface area (Å²) < 4.78 is 7.72. The van der Waals surface area contributed by atoms with Gasteiger partial charge >= 0.3 is 0 Å². The van der Waals surface area contributed by atoms with Crippen LogP contribution in [0.2, 0.25) is 0 Å².